The van der Waals surface area contributed by atoms with Gasteiger partial charge in [0.05, 0.1) is 44.5 Å². The summed E-state index contributed by atoms with van der Waals surface area (Å²) in [5.41, 5.74) is 38.1. The number of fused-ring (bicyclic) bond motifs is 18. The van der Waals surface area contributed by atoms with Gasteiger partial charge in [0.15, 0.2) is 5.82 Å². The fraction of sp³-hybridized carbons (Fsp3) is 0.0874. The Morgan fingerprint density at radius 1 is 0.194 bits per heavy atom. The summed E-state index contributed by atoms with van der Waals surface area (Å²) in [6.45, 7) is 14.2. The summed E-state index contributed by atoms with van der Waals surface area (Å²) < 4.78 is 7.35. The molecule has 0 saturated heterocycles. The molecule has 0 unspecified atom stereocenters. The molecule has 0 spiro atoms. The Bertz CT molecular complexity index is 6370. The molecule has 5 heteroatoms. The zero-order chi connectivity index (χ0) is 72.1. The van der Waals surface area contributed by atoms with Crippen molar-refractivity contribution in [3.05, 3.63) is 367 Å². The van der Waals surface area contributed by atoms with Gasteiger partial charge in [0, 0.05) is 82.3 Å². The number of aromatic nitrogens is 5. The van der Waals surface area contributed by atoms with Crippen LogP contribution in [0, 0.1) is 0 Å². The van der Waals surface area contributed by atoms with Gasteiger partial charge in [-0.1, -0.05) is 278 Å². The van der Waals surface area contributed by atoms with Gasteiger partial charge in [-0.25, -0.2) is 9.97 Å². The maximum Gasteiger partial charge on any atom is 0.160 e. The number of para-hydroxylation sites is 3. The first-order chi connectivity index (χ1) is 52.8. The Balaban J connectivity index is 0.617. The van der Waals surface area contributed by atoms with Crippen molar-refractivity contribution in [2.75, 3.05) is 0 Å². The van der Waals surface area contributed by atoms with E-state index in [1.54, 1.807) is 0 Å². The lowest BCUT2D eigenvalue weighted by atomic mass is 9.82. The number of rotatable bonds is 9. The van der Waals surface area contributed by atoms with Crippen molar-refractivity contribution in [2.24, 2.45) is 0 Å². The highest BCUT2D eigenvalue weighted by Gasteiger charge is 2.39. The van der Waals surface area contributed by atoms with Gasteiger partial charge in [-0.05, 0) is 197 Å². The fourth-order valence-corrected chi connectivity index (χ4v) is 19.1. The SMILES string of the molecule is CC1(C)c2ccccc2-c2ccc(-n3c4ccccc4c4cc(-c5ccc(-c6cc(-c7ccc(-c8ccc9c(c8)c8ccccc8n9-c8ccc9c(c8)C(C)(C)c8ccccc8-9)cc7)nc(-c7ccc(-c8ccc9c(c8)c8ccccc8n9-c8ccc9c(c8)C(C)(C)c8ccccc8-9)cc7)n6)cc5)ccc43)cc21. The first-order valence-corrected chi connectivity index (χ1v) is 37.8. The zero-order valence-corrected chi connectivity index (χ0v) is 61.0. The molecule has 108 heavy (non-hydrogen) atoms. The van der Waals surface area contributed by atoms with Crippen LogP contribution in [0.5, 0.6) is 0 Å². The van der Waals surface area contributed by atoms with Crippen LogP contribution in [0.15, 0.2) is 334 Å². The van der Waals surface area contributed by atoms with Gasteiger partial charge < -0.3 is 13.7 Å². The number of hydrogen-bond donors (Lipinski definition) is 0. The standard InChI is InChI=1S/C103H73N5/c1-101(2)86-25-13-7-19-74(86)77-49-46-71(58-89(77)101)106-94-28-16-10-22-80(94)83-55-68(43-52-97(83)106)62-31-37-65(38-32-62)92-61-93(66-39-33-63(34-40-66)69-44-53-98-84(56-69)81-23-11-17-29-95(81)107(98)72-47-50-78-75-20-8-14-26-87(75)102(3,4)90(78)59-72)105-100(104-92)67-41-35-64(36-42-67)70-45-54-99-85(57-70)82-24-12-18-30-96(82)108(99)73-48-51-79-76-21-9-15-27-88(76)103(5,6)91(79)60-73/h7-61H,1-6H3. The van der Waals surface area contributed by atoms with Crippen molar-refractivity contribution in [3.63, 3.8) is 0 Å². The molecule has 15 aromatic carbocycles. The van der Waals surface area contributed by atoms with Crippen molar-refractivity contribution >= 4 is 65.4 Å². The highest BCUT2D eigenvalue weighted by molar-refractivity contribution is 6.13. The minimum absolute atomic E-state index is 0.104. The van der Waals surface area contributed by atoms with Gasteiger partial charge in [0.25, 0.3) is 0 Å². The summed E-state index contributed by atoms with van der Waals surface area (Å²) in [5.74, 6) is 0.665. The van der Waals surface area contributed by atoms with E-state index < -0.39 is 0 Å². The topological polar surface area (TPSA) is 40.6 Å². The van der Waals surface area contributed by atoms with E-state index in [2.05, 4.69) is 389 Å². The second-order valence-corrected chi connectivity index (χ2v) is 31.6. The van der Waals surface area contributed by atoms with Crippen molar-refractivity contribution in [1.82, 2.24) is 23.7 Å². The number of benzene rings is 15. The van der Waals surface area contributed by atoms with Gasteiger partial charge >= 0.3 is 0 Å². The van der Waals surface area contributed by atoms with E-state index in [-0.39, 0.29) is 16.2 Å². The molecular formula is C103H73N5. The molecule has 19 aromatic rings. The fourth-order valence-electron chi connectivity index (χ4n) is 19.1. The van der Waals surface area contributed by atoms with Gasteiger partial charge in [-0.2, -0.15) is 0 Å². The van der Waals surface area contributed by atoms with E-state index in [9.17, 15) is 0 Å². The van der Waals surface area contributed by atoms with Crippen LogP contribution in [0.3, 0.4) is 0 Å². The summed E-state index contributed by atoms with van der Waals surface area (Å²) in [6.07, 6.45) is 0. The Morgan fingerprint density at radius 2 is 0.454 bits per heavy atom. The molecule has 0 fully saturated rings. The second-order valence-electron chi connectivity index (χ2n) is 31.6. The third-order valence-corrected chi connectivity index (χ3v) is 24.7. The Hall–Kier alpha value is -13.2. The summed E-state index contributed by atoms with van der Waals surface area (Å²) >= 11 is 0. The third kappa shape index (κ3) is 9.12. The largest absolute Gasteiger partial charge is 0.309 e. The average Bonchev–Trinajstić information content (AvgIpc) is 1.58. The van der Waals surface area contributed by atoms with Crippen LogP contribution in [-0.4, -0.2) is 23.7 Å². The highest BCUT2D eigenvalue weighted by Crippen LogP contribution is 2.54. The molecule has 510 valence electrons. The predicted octanol–water partition coefficient (Wildman–Crippen LogP) is 26.7. The van der Waals surface area contributed by atoms with Gasteiger partial charge in [-0.15, -0.1) is 0 Å². The average molecular weight is 1380 g/mol. The van der Waals surface area contributed by atoms with Crippen LogP contribution < -0.4 is 0 Å². The van der Waals surface area contributed by atoms with E-state index in [1.165, 1.54) is 149 Å². The van der Waals surface area contributed by atoms with Crippen molar-refractivity contribution < 1.29 is 0 Å². The Morgan fingerprint density at radius 3 is 0.787 bits per heavy atom. The zero-order valence-electron chi connectivity index (χ0n) is 61.0. The molecule has 0 amide bonds. The molecule has 3 aliphatic rings. The van der Waals surface area contributed by atoms with Crippen molar-refractivity contribution in [1.29, 1.82) is 0 Å². The van der Waals surface area contributed by atoms with E-state index in [0.29, 0.717) is 5.82 Å². The van der Waals surface area contributed by atoms with Gasteiger partial charge in [-0.3, -0.25) is 0 Å². The third-order valence-electron chi connectivity index (χ3n) is 24.7. The molecule has 3 aliphatic carbocycles. The van der Waals surface area contributed by atoms with Crippen LogP contribution in [0.4, 0.5) is 0 Å². The molecule has 5 nitrogen and oxygen atoms in total. The van der Waals surface area contributed by atoms with E-state index >= 15 is 0 Å². The number of hydrogen-bond acceptors (Lipinski definition) is 2. The normalized spacial score (nSPS) is 14.1. The van der Waals surface area contributed by atoms with Crippen molar-refractivity contribution in [2.45, 2.75) is 57.8 Å². The summed E-state index contributed by atoms with van der Waals surface area (Å²) in [6, 6.07) is 124. The summed E-state index contributed by atoms with van der Waals surface area (Å²) in [7, 11) is 0. The number of nitrogens with zero attached hydrogens (tertiary/aromatic N) is 5. The van der Waals surface area contributed by atoms with E-state index in [4.69, 9.17) is 9.97 Å². The molecule has 0 bridgehead atoms. The summed E-state index contributed by atoms with van der Waals surface area (Å²) in [5, 5.41) is 7.36. The lowest BCUT2D eigenvalue weighted by Gasteiger charge is -2.22. The maximum atomic E-state index is 5.46. The van der Waals surface area contributed by atoms with E-state index in [0.717, 1.165) is 61.5 Å². The minimum atomic E-state index is -0.105. The van der Waals surface area contributed by atoms with E-state index in [1.807, 2.05) is 0 Å². The molecule has 0 aliphatic heterocycles. The summed E-state index contributed by atoms with van der Waals surface area (Å²) in [4.78, 5) is 10.9. The predicted molar refractivity (Wildman–Crippen MR) is 450 cm³/mol. The molecule has 0 atom stereocenters. The molecule has 4 aromatic heterocycles. The quantitative estimate of drug-likeness (QED) is 0.144. The smallest absolute Gasteiger partial charge is 0.160 e. The highest BCUT2D eigenvalue weighted by atomic mass is 15.0. The van der Waals surface area contributed by atoms with Crippen LogP contribution >= 0.6 is 0 Å². The minimum Gasteiger partial charge on any atom is -0.309 e. The van der Waals surface area contributed by atoms with Crippen LogP contribution in [-0.2, 0) is 16.2 Å². The van der Waals surface area contributed by atoms with Crippen LogP contribution in [0.25, 0.3) is 183 Å². The van der Waals surface area contributed by atoms with Crippen molar-refractivity contribution in [3.8, 4) is 118 Å². The van der Waals surface area contributed by atoms with Gasteiger partial charge in [0.2, 0.25) is 0 Å². The lowest BCUT2D eigenvalue weighted by molar-refractivity contribution is 0.660. The molecule has 22 rings (SSSR count). The molecule has 4 heterocycles. The van der Waals surface area contributed by atoms with Crippen LogP contribution in [0.2, 0.25) is 0 Å². The molecular weight excluding hydrogens is 1310 g/mol. The molecule has 0 radical (unpaired) electrons. The second kappa shape index (κ2) is 22.9. The molecule has 0 saturated carbocycles. The lowest BCUT2D eigenvalue weighted by Crippen LogP contribution is -2.15. The Kier molecular flexibility index (Phi) is 13.2. The van der Waals surface area contributed by atoms with Crippen LogP contribution in [0.1, 0.15) is 74.9 Å². The monoisotopic (exact) mass is 1380 g/mol. The molecule has 0 N–H and O–H groups in total. The maximum absolute atomic E-state index is 5.46. The first kappa shape index (κ1) is 62.2. The Labute approximate surface area is 627 Å². The van der Waals surface area contributed by atoms with Gasteiger partial charge in [0.1, 0.15) is 0 Å². The first-order valence-electron chi connectivity index (χ1n) is 37.8.